The van der Waals surface area contributed by atoms with Crippen LogP contribution in [0.3, 0.4) is 0 Å². The van der Waals surface area contributed by atoms with Crippen molar-refractivity contribution < 1.29 is 9.53 Å². The van der Waals surface area contributed by atoms with Crippen LogP contribution in [0.25, 0.3) is 0 Å². The number of anilines is 1. The lowest BCUT2D eigenvalue weighted by Gasteiger charge is -2.09. The van der Waals surface area contributed by atoms with E-state index in [-0.39, 0.29) is 5.91 Å². The van der Waals surface area contributed by atoms with E-state index in [0.29, 0.717) is 17.9 Å². The Labute approximate surface area is 118 Å². The molecule has 0 saturated carbocycles. The third kappa shape index (κ3) is 3.16. The molecule has 0 aliphatic carbocycles. The van der Waals surface area contributed by atoms with Crippen molar-refractivity contribution in [2.75, 3.05) is 12.4 Å². The molecule has 0 aliphatic rings. The van der Waals surface area contributed by atoms with E-state index < -0.39 is 0 Å². The lowest BCUT2D eigenvalue weighted by molar-refractivity contribution is 0.102. The molecule has 0 bridgehead atoms. The molecule has 4 nitrogen and oxygen atoms in total. The van der Waals surface area contributed by atoms with Gasteiger partial charge in [0.25, 0.3) is 5.91 Å². The van der Waals surface area contributed by atoms with Crippen molar-refractivity contribution in [2.45, 2.75) is 13.5 Å². The molecule has 2 rings (SSSR count). The largest absolute Gasteiger partial charge is 0.496 e. The molecule has 2 aromatic carbocycles. The summed E-state index contributed by atoms with van der Waals surface area (Å²) < 4.78 is 5.23. The highest BCUT2D eigenvalue weighted by Gasteiger charge is 2.09. The molecule has 0 unspecified atom stereocenters. The van der Waals surface area contributed by atoms with Gasteiger partial charge in [-0.15, -0.1) is 0 Å². The third-order valence-electron chi connectivity index (χ3n) is 3.09. The SMILES string of the molecule is COc1cc(C(=O)Nc2cccc(CN)c2)ccc1C. The number of amides is 1. The van der Waals surface area contributed by atoms with Gasteiger partial charge in [0.2, 0.25) is 0 Å². The second-order valence-corrected chi connectivity index (χ2v) is 4.54. The standard InChI is InChI=1S/C16H18N2O2/c1-11-6-7-13(9-15(11)20-2)16(19)18-14-5-3-4-12(8-14)10-17/h3-9H,10,17H2,1-2H3,(H,18,19). The van der Waals surface area contributed by atoms with Crippen molar-refractivity contribution in [1.29, 1.82) is 0 Å². The molecule has 3 N–H and O–H groups in total. The zero-order valence-electron chi connectivity index (χ0n) is 11.6. The number of hydrogen-bond donors (Lipinski definition) is 2. The Morgan fingerprint density at radius 2 is 2.05 bits per heavy atom. The molecule has 0 heterocycles. The van der Waals surface area contributed by atoms with Crippen LogP contribution >= 0.6 is 0 Å². The molecule has 0 aliphatic heterocycles. The van der Waals surface area contributed by atoms with Gasteiger partial charge in [0.15, 0.2) is 0 Å². The summed E-state index contributed by atoms with van der Waals surface area (Å²) in [4.78, 5) is 12.2. The fourth-order valence-electron chi connectivity index (χ4n) is 1.94. The van der Waals surface area contributed by atoms with Gasteiger partial charge in [-0.1, -0.05) is 18.2 Å². The van der Waals surface area contributed by atoms with Gasteiger partial charge in [-0.2, -0.15) is 0 Å². The summed E-state index contributed by atoms with van der Waals surface area (Å²) in [6.07, 6.45) is 0. The van der Waals surface area contributed by atoms with E-state index in [0.717, 1.165) is 16.8 Å². The van der Waals surface area contributed by atoms with Crippen LogP contribution in [-0.2, 0) is 6.54 Å². The number of nitrogens with one attached hydrogen (secondary N) is 1. The normalized spacial score (nSPS) is 10.2. The summed E-state index contributed by atoms with van der Waals surface area (Å²) in [5.74, 6) is 0.533. The predicted octanol–water partition coefficient (Wildman–Crippen LogP) is 2.71. The number of aryl methyl sites for hydroxylation is 1. The zero-order chi connectivity index (χ0) is 14.5. The summed E-state index contributed by atoms with van der Waals surface area (Å²) in [5, 5.41) is 2.85. The number of hydrogen-bond acceptors (Lipinski definition) is 3. The van der Waals surface area contributed by atoms with E-state index in [1.807, 2.05) is 37.3 Å². The molecule has 0 aromatic heterocycles. The van der Waals surface area contributed by atoms with Crippen LogP contribution in [0.5, 0.6) is 5.75 Å². The summed E-state index contributed by atoms with van der Waals surface area (Å²) in [5.41, 5.74) is 8.85. The summed E-state index contributed by atoms with van der Waals surface area (Å²) in [6.45, 7) is 2.38. The van der Waals surface area contributed by atoms with Gasteiger partial charge < -0.3 is 15.8 Å². The van der Waals surface area contributed by atoms with E-state index in [1.54, 1.807) is 19.2 Å². The van der Waals surface area contributed by atoms with Gasteiger partial charge in [0.1, 0.15) is 5.75 Å². The van der Waals surface area contributed by atoms with Crippen molar-refractivity contribution in [1.82, 2.24) is 0 Å². The Morgan fingerprint density at radius 3 is 2.75 bits per heavy atom. The molecule has 0 fully saturated rings. The minimum absolute atomic E-state index is 0.169. The topological polar surface area (TPSA) is 64.3 Å². The third-order valence-corrected chi connectivity index (χ3v) is 3.09. The number of ether oxygens (including phenoxy) is 1. The maximum absolute atomic E-state index is 12.2. The van der Waals surface area contributed by atoms with Gasteiger partial charge >= 0.3 is 0 Å². The Kier molecular flexibility index (Phi) is 4.38. The first-order valence-electron chi connectivity index (χ1n) is 6.39. The molecule has 0 spiro atoms. The van der Waals surface area contributed by atoms with Crippen molar-refractivity contribution in [3.63, 3.8) is 0 Å². The number of carbonyl (C=O) groups excluding carboxylic acids is 1. The zero-order valence-corrected chi connectivity index (χ0v) is 11.6. The highest BCUT2D eigenvalue weighted by atomic mass is 16.5. The van der Waals surface area contributed by atoms with Gasteiger partial charge in [-0.05, 0) is 42.3 Å². The highest BCUT2D eigenvalue weighted by molar-refractivity contribution is 6.04. The Hall–Kier alpha value is -2.33. The second kappa shape index (κ2) is 6.21. The number of benzene rings is 2. The average molecular weight is 270 g/mol. The smallest absolute Gasteiger partial charge is 0.255 e. The van der Waals surface area contributed by atoms with E-state index >= 15 is 0 Å². The Bertz CT molecular complexity index is 624. The molecule has 0 radical (unpaired) electrons. The Balaban J connectivity index is 2.19. The maximum Gasteiger partial charge on any atom is 0.255 e. The molecule has 104 valence electrons. The highest BCUT2D eigenvalue weighted by Crippen LogP contribution is 2.20. The van der Waals surface area contributed by atoms with E-state index in [1.165, 1.54) is 0 Å². The van der Waals surface area contributed by atoms with E-state index in [9.17, 15) is 4.79 Å². The van der Waals surface area contributed by atoms with Crippen LogP contribution in [0.2, 0.25) is 0 Å². The minimum Gasteiger partial charge on any atom is -0.496 e. The molecule has 20 heavy (non-hydrogen) atoms. The summed E-state index contributed by atoms with van der Waals surface area (Å²) >= 11 is 0. The van der Waals surface area contributed by atoms with E-state index in [4.69, 9.17) is 10.5 Å². The first kappa shape index (κ1) is 14.1. The number of methoxy groups -OCH3 is 1. The van der Waals surface area contributed by atoms with Gasteiger partial charge in [0.05, 0.1) is 7.11 Å². The molecule has 0 saturated heterocycles. The quantitative estimate of drug-likeness (QED) is 0.897. The van der Waals surface area contributed by atoms with Crippen LogP contribution in [0.15, 0.2) is 42.5 Å². The first-order valence-corrected chi connectivity index (χ1v) is 6.39. The first-order chi connectivity index (χ1) is 9.63. The summed E-state index contributed by atoms with van der Waals surface area (Å²) in [7, 11) is 1.59. The number of nitrogens with two attached hydrogens (primary N) is 1. The van der Waals surface area contributed by atoms with Gasteiger partial charge in [-0.25, -0.2) is 0 Å². The Morgan fingerprint density at radius 1 is 1.25 bits per heavy atom. The van der Waals surface area contributed by atoms with Crippen molar-refractivity contribution >= 4 is 11.6 Å². The predicted molar refractivity (Wildman–Crippen MR) is 80.0 cm³/mol. The average Bonchev–Trinajstić information content (AvgIpc) is 2.47. The molecule has 1 amide bonds. The lowest BCUT2D eigenvalue weighted by Crippen LogP contribution is -2.12. The number of rotatable bonds is 4. The van der Waals surface area contributed by atoms with Gasteiger partial charge in [-0.3, -0.25) is 4.79 Å². The fourth-order valence-corrected chi connectivity index (χ4v) is 1.94. The van der Waals surface area contributed by atoms with Crippen LogP contribution in [0, 0.1) is 6.92 Å². The van der Waals surface area contributed by atoms with Crippen LogP contribution in [0.4, 0.5) is 5.69 Å². The monoisotopic (exact) mass is 270 g/mol. The van der Waals surface area contributed by atoms with Crippen molar-refractivity contribution in [3.8, 4) is 5.75 Å². The fraction of sp³-hybridized carbons (Fsp3) is 0.188. The lowest BCUT2D eigenvalue weighted by atomic mass is 10.1. The molecule has 4 heteroatoms. The summed E-state index contributed by atoms with van der Waals surface area (Å²) in [6, 6.07) is 12.9. The van der Waals surface area contributed by atoms with E-state index in [2.05, 4.69) is 5.32 Å². The molecule has 2 aromatic rings. The van der Waals surface area contributed by atoms with Gasteiger partial charge in [0, 0.05) is 17.8 Å². The second-order valence-electron chi connectivity index (χ2n) is 4.54. The van der Waals surface area contributed by atoms with Crippen molar-refractivity contribution in [2.24, 2.45) is 5.73 Å². The molecular formula is C16H18N2O2. The minimum atomic E-state index is -0.169. The number of carbonyl (C=O) groups is 1. The van der Waals surface area contributed by atoms with Crippen LogP contribution in [0.1, 0.15) is 21.5 Å². The molecule has 0 atom stereocenters. The molecular weight excluding hydrogens is 252 g/mol. The maximum atomic E-state index is 12.2. The van der Waals surface area contributed by atoms with Crippen LogP contribution < -0.4 is 15.8 Å². The van der Waals surface area contributed by atoms with Crippen LogP contribution in [-0.4, -0.2) is 13.0 Å². The van der Waals surface area contributed by atoms with Crippen molar-refractivity contribution in [3.05, 3.63) is 59.2 Å².